The van der Waals surface area contributed by atoms with Gasteiger partial charge in [-0.15, -0.1) is 6.42 Å². The van der Waals surface area contributed by atoms with Gasteiger partial charge in [0.05, 0.1) is 12.0 Å². The Morgan fingerprint density at radius 1 is 1.29 bits per heavy atom. The summed E-state index contributed by atoms with van der Waals surface area (Å²) < 4.78 is 12.1. The van der Waals surface area contributed by atoms with Crippen LogP contribution in [0.2, 0.25) is 0 Å². The van der Waals surface area contributed by atoms with Gasteiger partial charge in [-0.3, -0.25) is 0 Å². The second-order valence-corrected chi connectivity index (χ2v) is 7.24. The highest BCUT2D eigenvalue weighted by atomic mass is 16.6. The quantitative estimate of drug-likeness (QED) is 0.587. The van der Waals surface area contributed by atoms with E-state index in [9.17, 15) is 9.59 Å². The van der Waals surface area contributed by atoms with Gasteiger partial charge in [-0.05, 0) is 26.3 Å². The fourth-order valence-corrected chi connectivity index (χ4v) is 2.46. The van der Waals surface area contributed by atoms with Gasteiger partial charge in [0.1, 0.15) is 11.6 Å². The molecule has 0 fully saturated rings. The third kappa shape index (κ3) is 7.16. The van der Waals surface area contributed by atoms with Gasteiger partial charge in [0.15, 0.2) is 6.61 Å². The number of hydrogen-bond acceptors (Lipinski definition) is 5. The maximum absolute atomic E-state index is 12.3. The summed E-state index contributed by atoms with van der Waals surface area (Å²) in [7, 11) is 0. The smallest absolute Gasteiger partial charge is 0.408 e. The fourth-order valence-electron chi connectivity index (χ4n) is 2.46. The molecule has 0 aliphatic rings. The number of alkyl carbamates (subject to hydrolysis) is 1. The standard InChI is InChI=1S/C21H25N3O4/c1-5-11-27-19(25)18(23-20(26)28-21(2,3)4)12-17-14-24(15-22-17)13-16-9-7-6-8-10-16/h1,6-10,14-15,18H,11-13H2,2-4H3,(H,23,26)/t18-/m0/s1. The van der Waals surface area contributed by atoms with Gasteiger partial charge in [0.2, 0.25) is 0 Å². The van der Waals surface area contributed by atoms with Gasteiger partial charge >= 0.3 is 12.1 Å². The van der Waals surface area contributed by atoms with Gasteiger partial charge in [-0.1, -0.05) is 36.3 Å². The molecule has 0 aliphatic heterocycles. The lowest BCUT2D eigenvalue weighted by Crippen LogP contribution is -2.45. The zero-order valence-electron chi connectivity index (χ0n) is 16.3. The van der Waals surface area contributed by atoms with Crippen molar-refractivity contribution in [2.75, 3.05) is 6.61 Å². The summed E-state index contributed by atoms with van der Waals surface area (Å²) in [5, 5.41) is 2.54. The van der Waals surface area contributed by atoms with Crippen LogP contribution < -0.4 is 5.32 Å². The SMILES string of the molecule is C#CCOC(=O)[C@H](Cc1cn(Cc2ccccc2)cn1)NC(=O)OC(C)(C)C. The van der Waals surface area contributed by atoms with Gasteiger partial charge in [-0.2, -0.15) is 0 Å². The Morgan fingerprint density at radius 2 is 2.00 bits per heavy atom. The number of amides is 1. The number of terminal acetylenes is 1. The largest absolute Gasteiger partial charge is 0.451 e. The number of carbonyl (C=O) groups is 2. The van der Waals surface area contributed by atoms with Gasteiger partial charge < -0.3 is 19.4 Å². The van der Waals surface area contributed by atoms with Crippen LogP contribution >= 0.6 is 0 Å². The minimum atomic E-state index is -0.955. The average Bonchev–Trinajstić information content (AvgIpc) is 3.05. The molecule has 7 heteroatoms. The van der Waals surface area contributed by atoms with Crippen molar-refractivity contribution < 1.29 is 19.1 Å². The lowest BCUT2D eigenvalue weighted by Gasteiger charge is -2.22. The maximum Gasteiger partial charge on any atom is 0.408 e. The molecule has 1 heterocycles. The van der Waals surface area contributed by atoms with E-state index in [2.05, 4.69) is 16.2 Å². The van der Waals surface area contributed by atoms with Crippen molar-refractivity contribution >= 4 is 12.1 Å². The second-order valence-electron chi connectivity index (χ2n) is 7.24. The van der Waals surface area contributed by atoms with Crippen LogP contribution in [0.5, 0.6) is 0 Å². The first-order chi connectivity index (χ1) is 13.3. The molecular weight excluding hydrogens is 358 g/mol. The molecule has 0 spiro atoms. The molecule has 0 saturated carbocycles. The molecule has 0 unspecified atom stereocenters. The topological polar surface area (TPSA) is 82.5 Å². The first-order valence-electron chi connectivity index (χ1n) is 8.91. The highest BCUT2D eigenvalue weighted by molar-refractivity contribution is 5.81. The highest BCUT2D eigenvalue weighted by Crippen LogP contribution is 2.10. The van der Waals surface area contributed by atoms with Crippen molar-refractivity contribution in [3.05, 3.63) is 54.1 Å². The summed E-state index contributed by atoms with van der Waals surface area (Å²) in [5.41, 5.74) is 1.08. The Hall–Kier alpha value is -3.27. The Bertz CT molecular complexity index is 831. The van der Waals surface area contributed by atoms with E-state index >= 15 is 0 Å². The number of rotatable bonds is 7. The maximum atomic E-state index is 12.3. The number of ether oxygens (including phenoxy) is 2. The summed E-state index contributed by atoms with van der Waals surface area (Å²) in [6, 6.07) is 8.97. The summed E-state index contributed by atoms with van der Waals surface area (Å²) in [6.07, 6.45) is 8.09. The van der Waals surface area contributed by atoms with E-state index in [1.165, 1.54) is 0 Å². The number of nitrogens with one attached hydrogen (secondary N) is 1. The number of hydrogen-bond donors (Lipinski definition) is 1. The number of imidazole rings is 1. The predicted molar refractivity (Wildman–Crippen MR) is 104 cm³/mol. The van der Waals surface area contributed by atoms with Gasteiger partial charge in [-0.25, -0.2) is 14.6 Å². The molecule has 0 aliphatic carbocycles. The number of carbonyl (C=O) groups excluding carboxylic acids is 2. The summed E-state index contributed by atoms with van der Waals surface area (Å²) in [5.74, 6) is 1.60. The molecule has 28 heavy (non-hydrogen) atoms. The number of nitrogens with zero attached hydrogens (tertiary/aromatic N) is 2. The molecule has 0 saturated heterocycles. The third-order valence-electron chi connectivity index (χ3n) is 3.58. The van der Waals surface area contributed by atoms with Crippen LogP contribution in [0.25, 0.3) is 0 Å². The molecule has 0 radical (unpaired) electrons. The van der Waals surface area contributed by atoms with E-state index in [0.29, 0.717) is 12.2 Å². The second kappa shape index (κ2) is 9.60. The summed E-state index contributed by atoms with van der Waals surface area (Å²) in [6.45, 7) is 5.70. The van der Waals surface area contributed by atoms with Crippen molar-refractivity contribution in [2.24, 2.45) is 0 Å². The van der Waals surface area contributed by atoms with Crippen molar-refractivity contribution in [3.8, 4) is 12.3 Å². The van der Waals surface area contributed by atoms with Crippen LogP contribution in [0.4, 0.5) is 4.79 Å². The molecular formula is C21H25N3O4. The van der Waals surface area contributed by atoms with Crippen LogP contribution in [-0.2, 0) is 27.2 Å². The molecule has 2 aromatic rings. The van der Waals surface area contributed by atoms with E-state index in [-0.39, 0.29) is 13.0 Å². The molecule has 1 N–H and O–H groups in total. The van der Waals surface area contributed by atoms with E-state index in [1.54, 1.807) is 27.1 Å². The Kier molecular flexibility index (Phi) is 7.21. The van der Waals surface area contributed by atoms with E-state index in [0.717, 1.165) is 5.56 Å². The molecule has 0 bridgehead atoms. The molecule has 1 aromatic carbocycles. The molecule has 1 amide bonds. The Morgan fingerprint density at radius 3 is 2.64 bits per heavy atom. The van der Waals surface area contributed by atoms with Crippen molar-refractivity contribution in [1.29, 1.82) is 0 Å². The first-order valence-corrected chi connectivity index (χ1v) is 8.91. The monoisotopic (exact) mass is 383 g/mol. The van der Waals surface area contributed by atoms with Gasteiger partial charge in [0.25, 0.3) is 0 Å². The van der Waals surface area contributed by atoms with E-state index < -0.39 is 23.7 Å². The first kappa shape index (κ1) is 21.0. The van der Waals surface area contributed by atoms with Crippen molar-refractivity contribution in [3.63, 3.8) is 0 Å². The average molecular weight is 383 g/mol. The molecule has 1 atom stereocenters. The molecule has 2 rings (SSSR count). The summed E-state index contributed by atoms with van der Waals surface area (Å²) in [4.78, 5) is 28.7. The number of aromatic nitrogens is 2. The van der Waals surface area contributed by atoms with Crippen molar-refractivity contribution in [2.45, 2.75) is 45.4 Å². The minimum absolute atomic E-state index is 0.157. The third-order valence-corrected chi connectivity index (χ3v) is 3.58. The zero-order chi connectivity index (χ0) is 20.6. The molecule has 7 nitrogen and oxygen atoms in total. The van der Waals surface area contributed by atoms with Crippen molar-refractivity contribution in [1.82, 2.24) is 14.9 Å². The predicted octanol–water partition coefficient (Wildman–Crippen LogP) is 2.54. The Balaban J connectivity index is 2.05. The minimum Gasteiger partial charge on any atom is -0.451 e. The summed E-state index contributed by atoms with van der Waals surface area (Å²) >= 11 is 0. The lowest BCUT2D eigenvalue weighted by molar-refractivity contribution is -0.144. The van der Waals surface area contributed by atoms with Gasteiger partial charge in [0, 0.05) is 19.2 Å². The van der Waals surface area contributed by atoms with E-state index in [4.69, 9.17) is 15.9 Å². The normalized spacial score (nSPS) is 11.9. The zero-order valence-corrected chi connectivity index (χ0v) is 16.3. The van der Waals surface area contributed by atoms with Crippen LogP contribution in [-0.4, -0.2) is 39.9 Å². The van der Waals surface area contributed by atoms with E-state index in [1.807, 2.05) is 41.1 Å². The van der Waals surface area contributed by atoms with Crippen LogP contribution in [0.15, 0.2) is 42.9 Å². The number of esters is 1. The lowest BCUT2D eigenvalue weighted by atomic mass is 10.1. The Labute approximate surface area is 165 Å². The highest BCUT2D eigenvalue weighted by Gasteiger charge is 2.26. The van der Waals surface area contributed by atoms with Crippen LogP contribution in [0, 0.1) is 12.3 Å². The van der Waals surface area contributed by atoms with Crippen LogP contribution in [0.3, 0.4) is 0 Å². The molecule has 1 aromatic heterocycles. The van der Waals surface area contributed by atoms with Crippen LogP contribution in [0.1, 0.15) is 32.0 Å². The number of benzene rings is 1. The fraction of sp³-hybridized carbons (Fsp3) is 0.381. The molecule has 148 valence electrons.